The van der Waals surface area contributed by atoms with Gasteiger partial charge in [0.1, 0.15) is 23.9 Å². The molecule has 1 heterocycles. The maximum absolute atomic E-state index is 12.6. The molecule has 3 aromatic rings. The number of carbonyl (C=O) groups excluding carboxylic acids is 1. The molecule has 29 heavy (non-hydrogen) atoms. The predicted octanol–water partition coefficient (Wildman–Crippen LogP) is 6.04. The minimum absolute atomic E-state index is 0.131. The van der Waals surface area contributed by atoms with E-state index >= 15 is 0 Å². The summed E-state index contributed by atoms with van der Waals surface area (Å²) >= 11 is 3.42. The van der Waals surface area contributed by atoms with E-state index in [1.165, 1.54) is 0 Å². The number of fused-ring (bicyclic) bond motifs is 1. The van der Waals surface area contributed by atoms with Crippen molar-refractivity contribution < 1.29 is 19.0 Å². The molecule has 0 spiro atoms. The third-order valence-electron chi connectivity index (χ3n) is 4.45. The van der Waals surface area contributed by atoms with Crippen molar-refractivity contribution in [2.75, 3.05) is 6.61 Å². The number of Topliss-reactive ketones (excluding diaryl/α,β-unsaturated/α-hetero) is 1. The van der Waals surface area contributed by atoms with Gasteiger partial charge in [0, 0.05) is 10.5 Å². The highest BCUT2D eigenvalue weighted by Crippen LogP contribution is 2.35. The summed E-state index contributed by atoms with van der Waals surface area (Å²) in [4.78, 5) is 12.6. The lowest BCUT2D eigenvalue weighted by atomic mass is 10.1. The Balaban J connectivity index is 1.47. The van der Waals surface area contributed by atoms with Gasteiger partial charge in [0.05, 0.1) is 12.2 Å². The van der Waals surface area contributed by atoms with Crippen molar-refractivity contribution in [3.63, 3.8) is 0 Å². The molecule has 0 unspecified atom stereocenters. The molecule has 146 valence electrons. The third kappa shape index (κ3) is 4.51. The number of carbonyl (C=O) groups is 1. The maximum Gasteiger partial charge on any atom is 0.231 e. The molecule has 0 saturated carbocycles. The molecular formula is C24H19BrO4. The van der Waals surface area contributed by atoms with Crippen LogP contribution in [0.2, 0.25) is 0 Å². The molecule has 0 bridgehead atoms. The number of ketones is 1. The van der Waals surface area contributed by atoms with Gasteiger partial charge in [-0.05, 0) is 60.5 Å². The minimum Gasteiger partial charge on any atom is -0.494 e. The van der Waals surface area contributed by atoms with E-state index in [9.17, 15) is 4.79 Å². The number of rotatable bonds is 6. The summed E-state index contributed by atoms with van der Waals surface area (Å²) in [7, 11) is 0. The minimum atomic E-state index is -0.131. The molecule has 0 aliphatic carbocycles. The predicted molar refractivity (Wildman–Crippen MR) is 115 cm³/mol. The molecule has 0 fully saturated rings. The van der Waals surface area contributed by atoms with Gasteiger partial charge in [0.2, 0.25) is 5.78 Å². The highest BCUT2D eigenvalue weighted by Gasteiger charge is 2.27. The van der Waals surface area contributed by atoms with Gasteiger partial charge in [0.25, 0.3) is 0 Å². The van der Waals surface area contributed by atoms with Crippen LogP contribution in [0, 0.1) is 0 Å². The van der Waals surface area contributed by atoms with Gasteiger partial charge >= 0.3 is 0 Å². The number of halogens is 1. The SMILES string of the molecule is CCOc1ccc(/C=C2\Oc3cc(OCc4ccc(Br)cc4)ccc3C2=O)cc1. The van der Waals surface area contributed by atoms with Gasteiger partial charge in [-0.3, -0.25) is 4.79 Å². The summed E-state index contributed by atoms with van der Waals surface area (Å²) < 4.78 is 18.1. The summed E-state index contributed by atoms with van der Waals surface area (Å²) in [6.45, 7) is 2.99. The first-order chi connectivity index (χ1) is 14.1. The standard InChI is InChI=1S/C24H19BrO4/c1-2-27-19-9-5-16(6-10-19)13-23-24(26)21-12-11-20(14-22(21)29-23)28-15-17-3-7-18(25)8-4-17/h3-14H,2,15H2,1H3/b23-13-. The smallest absolute Gasteiger partial charge is 0.231 e. The van der Waals surface area contributed by atoms with E-state index in [-0.39, 0.29) is 5.78 Å². The third-order valence-corrected chi connectivity index (χ3v) is 4.98. The van der Waals surface area contributed by atoms with Crippen molar-refractivity contribution in [2.45, 2.75) is 13.5 Å². The number of hydrogen-bond acceptors (Lipinski definition) is 4. The van der Waals surface area contributed by atoms with Gasteiger partial charge in [-0.15, -0.1) is 0 Å². The zero-order valence-corrected chi connectivity index (χ0v) is 17.4. The lowest BCUT2D eigenvalue weighted by Gasteiger charge is -2.07. The lowest BCUT2D eigenvalue weighted by molar-refractivity contribution is 0.101. The van der Waals surface area contributed by atoms with Gasteiger partial charge in [-0.2, -0.15) is 0 Å². The van der Waals surface area contributed by atoms with Crippen LogP contribution in [0.5, 0.6) is 17.2 Å². The largest absolute Gasteiger partial charge is 0.494 e. The first-order valence-corrected chi connectivity index (χ1v) is 10.1. The lowest BCUT2D eigenvalue weighted by Crippen LogP contribution is -1.98. The Kier molecular flexibility index (Phi) is 5.67. The van der Waals surface area contributed by atoms with Gasteiger partial charge < -0.3 is 14.2 Å². The highest BCUT2D eigenvalue weighted by atomic mass is 79.9. The zero-order chi connectivity index (χ0) is 20.2. The second kappa shape index (κ2) is 8.53. The summed E-state index contributed by atoms with van der Waals surface area (Å²) in [6, 6.07) is 20.8. The topological polar surface area (TPSA) is 44.8 Å². The summed E-state index contributed by atoms with van der Waals surface area (Å²) in [5.41, 5.74) is 2.47. The van der Waals surface area contributed by atoms with E-state index in [0.29, 0.717) is 36.0 Å². The molecule has 0 amide bonds. The Labute approximate surface area is 177 Å². The Bertz CT molecular complexity index is 1050. The molecule has 0 N–H and O–H groups in total. The molecule has 1 aliphatic heterocycles. The van der Waals surface area contributed by atoms with Crippen LogP contribution >= 0.6 is 15.9 Å². The molecule has 3 aromatic carbocycles. The number of allylic oxidation sites excluding steroid dienone is 1. The van der Waals surface area contributed by atoms with Crippen LogP contribution in [-0.2, 0) is 6.61 Å². The fourth-order valence-electron chi connectivity index (χ4n) is 2.98. The Morgan fingerprint density at radius 2 is 1.66 bits per heavy atom. The normalized spacial score (nSPS) is 13.9. The summed E-state index contributed by atoms with van der Waals surface area (Å²) in [5.74, 6) is 2.13. The van der Waals surface area contributed by atoms with Gasteiger partial charge in [-0.1, -0.05) is 40.2 Å². The zero-order valence-electron chi connectivity index (χ0n) is 15.9. The Hall–Kier alpha value is -3.05. The van der Waals surface area contributed by atoms with E-state index in [1.54, 1.807) is 24.3 Å². The van der Waals surface area contributed by atoms with E-state index in [2.05, 4.69) is 15.9 Å². The first-order valence-electron chi connectivity index (χ1n) is 9.31. The Morgan fingerprint density at radius 1 is 0.931 bits per heavy atom. The second-order valence-corrected chi connectivity index (χ2v) is 7.43. The van der Waals surface area contributed by atoms with E-state index in [0.717, 1.165) is 21.3 Å². The molecular weight excluding hydrogens is 432 g/mol. The number of benzene rings is 3. The van der Waals surface area contributed by atoms with Gasteiger partial charge in [0.15, 0.2) is 5.76 Å². The fraction of sp³-hybridized carbons (Fsp3) is 0.125. The van der Waals surface area contributed by atoms with Crippen molar-refractivity contribution in [1.82, 2.24) is 0 Å². The van der Waals surface area contributed by atoms with E-state index in [4.69, 9.17) is 14.2 Å². The highest BCUT2D eigenvalue weighted by molar-refractivity contribution is 9.10. The summed E-state index contributed by atoms with van der Waals surface area (Å²) in [6.07, 6.45) is 1.74. The van der Waals surface area contributed by atoms with Crippen LogP contribution in [0.4, 0.5) is 0 Å². The Morgan fingerprint density at radius 3 is 2.38 bits per heavy atom. The molecule has 4 rings (SSSR count). The van der Waals surface area contributed by atoms with Crippen molar-refractivity contribution in [3.05, 3.63) is 93.7 Å². The van der Waals surface area contributed by atoms with Gasteiger partial charge in [-0.25, -0.2) is 0 Å². The van der Waals surface area contributed by atoms with Crippen LogP contribution < -0.4 is 14.2 Å². The first kappa shape index (κ1) is 19.3. The average Bonchev–Trinajstić information content (AvgIpc) is 3.04. The van der Waals surface area contributed by atoms with Crippen molar-refractivity contribution in [1.29, 1.82) is 0 Å². The molecule has 5 heteroatoms. The van der Waals surface area contributed by atoms with Crippen molar-refractivity contribution >= 4 is 27.8 Å². The van der Waals surface area contributed by atoms with Crippen molar-refractivity contribution in [2.24, 2.45) is 0 Å². The maximum atomic E-state index is 12.6. The quantitative estimate of drug-likeness (QED) is 0.429. The molecule has 0 radical (unpaired) electrons. The summed E-state index contributed by atoms with van der Waals surface area (Å²) in [5, 5.41) is 0. The van der Waals surface area contributed by atoms with Crippen LogP contribution in [0.25, 0.3) is 6.08 Å². The molecule has 1 aliphatic rings. The van der Waals surface area contributed by atoms with E-state index in [1.807, 2.05) is 55.5 Å². The number of ether oxygens (including phenoxy) is 3. The number of hydrogen-bond donors (Lipinski definition) is 0. The molecule has 4 nitrogen and oxygen atoms in total. The van der Waals surface area contributed by atoms with Crippen LogP contribution in [0.15, 0.2) is 77.0 Å². The van der Waals surface area contributed by atoms with Crippen LogP contribution in [-0.4, -0.2) is 12.4 Å². The molecule has 0 atom stereocenters. The second-order valence-electron chi connectivity index (χ2n) is 6.51. The van der Waals surface area contributed by atoms with Crippen LogP contribution in [0.3, 0.4) is 0 Å². The average molecular weight is 451 g/mol. The monoisotopic (exact) mass is 450 g/mol. The van der Waals surface area contributed by atoms with Crippen LogP contribution in [0.1, 0.15) is 28.4 Å². The van der Waals surface area contributed by atoms with E-state index < -0.39 is 0 Å². The fourth-order valence-corrected chi connectivity index (χ4v) is 3.25. The molecule has 0 saturated heterocycles. The molecule has 0 aromatic heterocycles. The van der Waals surface area contributed by atoms with Crippen molar-refractivity contribution in [3.8, 4) is 17.2 Å².